The van der Waals surface area contributed by atoms with E-state index in [1.54, 1.807) is 22.3 Å². The van der Waals surface area contributed by atoms with Gasteiger partial charge in [0.15, 0.2) is 0 Å². The third kappa shape index (κ3) is 3.05. The molecule has 0 aliphatic heterocycles. The minimum Gasteiger partial charge on any atom is -0.0914 e. The SMILES string of the molecule is C/C=C/C1CCc2c(ccc3c2CCC(c2ccc(Cl)cc2)C3)C1. The maximum absolute atomic E-state index is 6.04. The van der Waals surface area contributed by atoms with Crippen LogP contribution in [0.25, 0.3) is 0 Å². The highest BCUT2D eigenvalue weighted by molar-refractivity contribution is 6.30. The van der Waals surface area contributed by atoms with E-state index in [2.05, 4.69) is 43.3 Å². The number of benzene rings is 2. The van der Waals surface area contributed by atoms with Crippen LogP contribution in [0.3, 0.4) is 0 Å². The molecule has 2 atom stereocenters. The van der Waals surface area contributed by atoms with E-state index in [-0.39, 0.29) is 0 Å². The monoisotopic (exact) mass is 336 g/mol. The summed E-state index contributed by atoms with van der Waals surface area (Å²) in [4.78, 5) is 0. The van der Waals surface area contributed by atoms with Crippen LogP contribution in [0.1, 0.15) is 53.5 Å². The molecule has 0 fully saturated rings. The first-order valence-electron chi connectivity index (χ1n) is 9.25. The summed E-state index contributed by atoms with van der Waals surface area (Å²) < 4.78 is 0. The van der Waals surface area contributed by atoms with Crippen molar-refractivity contribution in [3.05, 3.63) is 81.4 Å². The van der Waals surface area contributed by atoms with Gasteiger partial charge in [-0.25, -0.2) is 0 Å². The largest absolute Gasteiger partial charge is 0.0914 e. The normalized spacial score (nSPS) is 23.1. The van der Waals surface area contributed by atoms with Crippen LogP contribution in [0, 0.1) is 5.92 Å². The van der Waals surface area contributed by atoms with Crippen molar-refractivity contribution in [2.24, 2.45) is 5.92 Å². The molecule has 2 aromatic rings. The molecule has 4 rings (SSSR count). The Kier molecular flexibility index (Phi) is 4.50. The zero-order valence-corrected chi connectivity index (χ0v) is 15.2. The van der Waals surface area contributed by atoms with Crippen LogP contribution in [0.4, 0.5) is 0 Å². The van der Waals surface area contributed by atoms with Gasteiger partial charge >= 0.3 is 0 Å². The van der Waals surface area contributed by atoms with Gasteiger partial charge in [-0.15, -0.1) is 0 Å². The number of fused-ring (bicyclic) bond motifs is 3. The Morgan fingerprint density at radius 1 is 0.875 bits per heavy atom. The maximum Gasteiger partial charge on any atom is 0.0406 e. The molecule has 0 N–H and O–H groups in total. The number of allylic oxidation sites excluding steroid dienone is 2. The minimum absolute atomic E-state index is 0.646. The van der Waals surface area contributed by atoms with Crippen LogP contribution >= 0.6 is 11.6 Å². The Morgan fingerprint density at radius 2 is 1.54 bits per heavy atom. The fourth-order valence-corrected chi connectivity index (χ4v) is 4.78. The lowest BCUT2D eigenvalue weighted by atomic mass is 9.74. The molecule has 2 unspecified atom stereocenters. The molecule has 0 bridgehead atoms. The van der Waals surface area contributed by atoms with Gasteiger partial charge in [-0.05, 0) is 97.2 Å². The molecule has 0 aromatic heterocycles. The van der Waals surface area contributed by atoms with Crippen LogP contribution < -0.4 is 0 Å². The molecule has 0 saturated heterocycles. The van der Waals surface area contributed by atoms with Crippen LogP contribution in [0.5, 0.6) is 0 Å². The summed E-state index contributed by atoms with van der Waals surface area (Å²) in [6, 6.07) is 13.3. The van der Waals surface area contributed by atoms with Crippen molar-refractivity contribution in [1.29, 1.82) is 0 Å². The third-order valence-corrected chi connectivity index (χ3v) is 6.14. The Hall–Kier alpha value is -1.53. The predicted molar refractivity (Wildman–Crippen MR) is 103 cm³/mol. The highest BCUT2D eigenvalue weighted by Crippen LogP contribution is 2.38. The first kappa shape index (κ1) is 16.0. The Bertz CT molecular complexity index is 754. The molecule has 0 amide bonds. The van der Waals surface area contributed by atoms with Crippen LogP contribution in [0.15, 0.2) is 48.6 Å². The van der Waals surface area contributed by atoms with Gasteiger partial charge in [0.05, 0.1) is 0 Å². The smallest absolute Gasteiger partial charge is 0.0406 e. The van der Waals surface area contributed by atoms with E-state index >= 15 is 0 Å². The molecule has 1 heteroatoms. The average molecular weight is 337 g/mol. The van der Waals surface area contributed by atoms with Crippen molar-refractivity contribution in [1.82, 2.24) is 0 Å². The maximum atomic E-state index is 6.04. The van der Waals surface area contributed by atoms with E-state index in [0.29, 0.717) is 5.92 Å². The standard InChI is InChI=1S/C23H25Cl/c1-2-3-16-4-12-22-19(14-16)5-6-20-15-18(9-13-23(20)22)17-7-10-21(24)11-8-17/h2-3,5-8,10-11,16,18H,4,9,12-15H2,1H3/b3-2+. The quantitative estimate of drug-likeness (QED) is 0.565. The van der Waals surface area contributed by atoms with Crippen LogP contribution in [-0.2, 0) is 25.7 Å². The van der Waals surface area contributed by atoms with E-state index in [9.17, 15) is 0 Å². The van der Waals surface area contributed by atoms with Gasteiger partial charge in [0.1, 0.15) is 0 Å². The molecule has 24 heavy (non-hydrogen) atoms. The summed E-state index contributed by atoms with van der Waals surface area (Å²) in [6.45, 7) is 2.14. The summed E-state index contributed by atoms with van der Waals surface area (Å²) >= 11 is 6.04. The highest BCUT2D eigenvalue weighted by Gasteiger charge is 2.26. The zero-order chi connectivity index (χ0) is 16.5. The number of hydrogen-bond acceptors (Lipinski definition) is 0. The lowest BCUT2D eigenvalue weighted by Crippen LogP contribution is -2.20. The van der Waals surface area contributed by atoms with Gasteiger partial charge in [-0.3, -0.25) is 0 Å². The first-order valence-corrected chi connectivity index (χ1v) is 9.63. The van der Waals surface area contributed by atoms with Crippen molar-refractivity contribution >= 4 is 11.6 Å². The van der Waals surface area contributed by atoms with E-state index in [4.69, 9.17) is 11.6 Å². The Labute approximate surface area is 150 Å². The molecule has 0 saturated carbocycles. The van der Waals surface area contributed by atoms with Gasteiger partial charge in [-0.1, -0.05) is 48.0 Å². The van der Waals surface area contributed by atoms with Crippen molar-refractivity contribution in [3.63, 3.8) is 0 Å². The van der Waals surface area contributed by atoms with Crippen LogP contribution in [-0.4, -0.2) is 0 Å². The predicted octanol–water partition coefficient (Wildman–Crippen LogP) is 6.29. The van der Waals surface area contributed by atoms with E-state index in [1.165, 1.54) is 44.1 Å². The second-order valence-electron chi connectivity index (χ2n) is 7.36. The lowest BCUT2D eigenvalue weighted by molar-refractivity contribution is 0.533. The summed E-state index contributed by atoms with van der Waals surface area (Å²) in [5, 5.41) is 0.833. The van der Waals surface area contributed by atoms with Crippen LogP contribution in [0.2, 0.25) is 5.02 Å². The Balaban J connectivity index is 1.59. The molecule has 0 nitrogen and oxygen atoms in total. The summed E-state index contributed by atoms with van der Waals surface area (Å²) in [5.74, 6) is 1.39. The van der Waals surface area contributed by atoms with Crippen molar-refractivity contribution in [2.75, 3.05) is 0 Å². The number of halogens is 1. The van der Waals surface area contributed by atoms with Crippen molar-refractivity contribution < 1.29 is 0 Å². The van der Waals surface area contributed by atoms with E-state index in [1.807, 2.05) is 12.1 Å². The molecule has 2 aliphatic rings. The lowest BCUT2D eigenvalue weighted by Gasteiger charge is -2.31. The van der Waals surface area contributed by atoms with E-state index < -0.39 is 0 Å². The van der Waals surface area contributed by atoms with Gasteiger partial charge in [0.2, 0.25) is 0 Å². The fraction of sp³-hybridized carbons (Fsp3) is 0.391. The number of rotatable bonds is 2. The molecule has 124 valence electrons. The Morgan fingerprint density at radius 3 is 2.25 bits per heavy atom. The van der Waals surface area contributed by atoms with Gasteiger partial charge in [0.25, 0.3) is 0 Å². The molecular formula is C23H25Cl. The second-order valence-corrected chi connectivity index (χ2v) is 7.80. The fourth-order valence-electron chi connectivity index (χ4n) is 4.65. The van der Waals surface area contributed by atoms with E-state index in [0.717, 1.165) is 10.9 Å². The van der Waals surface area contributed by atoms with Crippen molar-refractivity contribution in [3.8, 4) is 0 Å². The van der Waals surface area contributed by atoms with Crippen molar-refractivity contribution in [2.45, 2.75) is 51.4 Å². The molecule has 0 heterocycles. The number of hydrogen-bond donors (Lipinski definition) is 0. The highest BCUT2D eigenvalue weighted by atomic mass is 35.5. The summed E-state index contributed by atoms with van der Waals surface area (Å²) in [7, 11) is 0. The first-order chi connectivity index (χ1) is 11.7. The topological polar surface area (TPSA) is 0 Å². The minimum atomic E-state index is 0.646. The van der Waals surface area contributed by atoms with Gasteiger partial charge < -0.3 is 0 Å². The molecule has 0 spiro atoms. The van der Waals surface area contributed by atoms with Gasteiger partial charge in [-0.2, -0.15) is 0 Å². The molecular weight excluding hydrogens is 312 g/mol. The molecule has 2 aromatic carbocycles. The second kappa shape index (κ2) is 6.76. The average Bonchev–Trinajstić information content (AvgIpc) is 2.62. The zero-order valence-electron chi connectivity index (χ0n) is 14.4. The third-order valence-electron chi connectivity index (χ3n) is 5.89. The summed E-state index contributed by atoms with van der Waals surface area (Å²) in [6.07, 6.45) is 12.1. The summed E-state index contributed by atoms with van der Waals surface area (Å²) in [5.41, 5.74) is 7.99. The molecule has 2 aliphatic carbocycles. The van der Waals surface area contributed by atoms with Gasteiger partial charge in [0, 0.05) is 5.02 Å². The molecule has 0 radical (unpaired) electrons.